The quantitative estimate of drug-likeness (QED) is 0.811. The number of rotatable bonds is 2. The average molecular weight is 243 g/mol. The van der Waals surface area contributed by atoms with Gasteiger partial charge in [0.15, 0.2) is 5.78 Å². The van der Waals surface area contributed by atoms with Crippen molar-refractivity contribution in [2.45, 2.75) is 33.2 Å². The summed E-state index contributed by atoms with van der Waals surface area (Å²) in [5.41, 5.74) is 2.09. The number of fused-ring (bicyclic) bond motifs is 1. The lowest BCUT2D eigenvalue weighted by Crippen LogP contribution is -2.28. The third-order valence-corrected chi connectivity index (χ3v) is 3.57. The van der Waals surface area contributed by atoms with Crippen LogP contribution in [0.5, 0.6) is 0 Å². The molecule has 3 rings (SSSR count). The van der Waals surface area contributed by atoms with Gasteiger partial charge in [0, 0.05) is 23.9 Å². The number of nitrogens with zero attached hydrogens (tertiary/aromatic N) is 1. The molecule has 0 N–H and O–H groups in total. The van der Waals surface area contributed by atoms with E-state index in [4.69, 9.17) is 4.42 Å². The first-order chi connectivity index (χ1) is 8.55. The van der Waals surface area contributed by atoms with Crippen LogP contribution in [0.1, 0.15) is 42.1 Å². The van der Waals surface area contributed by atoms with Crippen LogP contribution in [0.2, 0.25) is 0 Å². The maximum absolute atomic E-state index is 12.1. The summed E-state index contributed by atoms with van der Waals surface area (Å²) in [6.45, 7) is 5.00. The second-order valence-electron chi connectivity index (χ2n) is 5.82. The fourth-order valence-corrected chi connectivity index (χ4v) is 2.72. The number of aromatic nitrogens is 1. The molecule has 0 radical (unpaired) electrons. The molecule has 0 spiro atoms. The standard InChI is InChI=1S/C15H17NO2/c1-15(2)8-13-12(14(17)9-15)5-6-16(13)10-11-4-3-7-18-11/h3-7H,8-10H2,1-2H3. The lowest BCUT2D eigenvalue weighted by molar-refractivity contribution is 0.0910. The highest BCUT2D eigenvalue weighted by Crippen LogP contribution is 2.35. The maximum atomic E-state index is 12.1. The molecule has 0 aliphatic heterocycles. The second-order valence-corrected chi connectivity index (χ2v) is 5.82. The van der Waals surface area contributed by atoms with Gasteiger partial charge in [0.1, 0.15) is 5.76 Å². The summed E-state index contributed by atoms with van der Waals surface area (Å²) in [5.74, 6) is 1.18. The van der Waals surface area contributed by atoms with Gasteiger partial charge in [0.05, 0.1) is 12.8 Å². The first-order valence-corrected chi connectivity index (χ1v) is 6.29. The molecule has 0 bridgehead atoms. The Morgan fingerprint density at radius 2 is 2.17 bits per heavy atom. The highest BCUT2D eigenvalue weighted by Gasteiger charge is 2.32. The van der Waals surface area contributed by atoms with Crippen molar-refractivity contribution < 1.29 is 9.21 Å². The summed E-state index contributed by atoms with van der Waals surface area (Å²) in [7, 11) is 0. The van der Waals surface area contributed by atoms with Crippen molar-refractivity contribution in [3.8, 4) is 0 Å². The summed E-state index contributed by atoms with van der Waals surface area (Å²) in [5, 5.41) is 0. The van der Waals surface area contributed by atoms with Gasteiger partial charge in [0.25, 0.3) is 0 Å². The third kappa shape index (κ3) is 1.90. The van der Waals surface area contributed by atoms with E-state index in [9.17, 15) is 4.79 Å². The van der Waals surface area contributed by atoms with Gasteiger partial charge < -0.3 is 8.98 Å². The largest absolute Gasteiger partial charge is 0.467 e. The third-order valence-electron chi connectivity index (χ3n) is 3.57. The fourth-order valence-electron chi connectivity index (χ4n) is 2.72. The van der Waals surface area contributed by atoms with Crippen LogP contribution in [0, 0.1) is 5.41 Å². The van der Waals surface area contributed by atoms with Crippen LogP contribution in [-0.4, -0.2) is 10.4 Å². The molecule has 1 aliphatic carbocycles. The number of Topliss-reactive ketones (excluding diaryl/α,β-unsaturated/α-hetero) is 1. The van der Waals surface area contributed by atoms with E-state index in [-0.39, 0.29) is 11.2 Å². The molecular formula is C15H17NO2. The number of carbonyl (C=O) groups excluding carboxylic acids is 1. The van der Waals surface area contributed by atoms with Crippen molar-refractivity contribution in [1.29, 1.82) is 0 Å². The zero-order chi connectivity index (χ0) is 12.8. The minimum atomic E-state index is 0.0589. The summed E-state index contributed by atoms with van der Waals surface area (Å²) in [6, 6.07) is 5.79. The van der Waals surface area contributed by atoms with Gasteiger partial charge in [-0.1, -0.05) is 13.8 Å². The fraction of sp³-hybridized carbons (Fsp3) is 0.400. The Bertz CT molecular complexity index is 576. The molecule has 1 aliphatic rings. The van der Waals surface area contributed by atoms with Gasteiger partial charge in [-0.15, -0.1) is 0 Å². The highest BCUT2D eigenvalue weighted by molar-refractivity contribution is 5.98. The van der Waals surface area contributed by atoms with Crippen LogP contribution in [0.15, 0.2) is 35.1 Å². The Kier molecular flexibility index (Phi) is 2.44. The molecule has 3 nitrogen and oxygen atoms in total. The van der Waals surface area contributed by atoms with Gasteiger partial charge in [-0.25, -0.2) is 0 Å². The Morgan fingerprint density at radius 3 is 2.89 bits per heavy atom. The number of ketones is 1. The zero-order valence-corrected chi connectivity index (χ0v) is 10.8. The average Bonchev–Trinajstić information content (AvgIpc) is 2.88. The van der Waals surface area contributed by atoms with Crippen molar-refractivity contribution >= 4 is 5.78 Å². The van der Waals surface area contributed by atoms with Gasteiger partial charge >= 0.3 is 0 Å². The van der Waals surface area contributed by atoms with E-state index in [0.717, 1.165) is 23.4 Å². The Hall–Kier alpha value is -1.77. The highest BCUT2D eigenvalue weighted by atomic mass is 16.3. The topological polar surface area (TPSA) is 35.1 Å². The van der Waals surface area contributed by atoms with Crippen LogP contribution >= 0.6 is 0 Å². The molecule has 0 amide bonds. The van der Waals surface area contributed by atoms with Crippen LogP contribution in [-0.2, 0) is 13.0 Å². The van der Waals surface area contributed by atoms with Crippen molar-refractivity contribution in [2.75, 3.05) is 0 Å². The van der Waals surface area contributed by atoms with E-state index in [1.54, 1.807) is 6.26 Å². The second kappa shape index (κ2) is 3.87. The molecule has 94 valence electrons. The molecule has 0 fully saturated rings. The molecular weight excluding hydrogens is 226 g/mol. The molecule has 3 heteroatoms. The van der Waals surface area contributed by atoms with Crippen LogP contribution in [0.25, 0.3) is 0 Å². The summed E-state index contributed by atoms with van der Waals surface area (Å²) in [4.78, 5) is 12.1. The first kappa shape index (κ1) is 11.3. The minimum Gasteiger partial charge on any atom is -0.467 e. The van der Waals surface area contributed by atoms with Gasteiger partial charge in [-0.2, -0.15) is 0 Å². The molecule has 2 aromatic rings. The zero-order valence-electron chi connectivity index (χ0n) is 10.8. The Morgan fingerprint density at radius 1 is 1.33 bits per heavy atom. The van der Waals surface area contributed by atoms with Crippen molar-refractivity contribution in [1.82, 2.24) is 4.57 Å². The van der Waals surface area contributed by atoms with E-state index in [1.807, 2.05) is 24.4 Å². The molecule has 0 atom stereocenters. The monoisotopic (exact) mass is 243 g/mol. The van der Waals surface area contributed by atoms with Crippen molar-refractivity contribution in [2.24, 2.45) is 5.41 Å². The van der Waals surface area contributed by atoms with E-state index >= 15 is 0 Å². The molecule has 2 aromatic heterocycles. The van der Waals surface area contributed by atoms with Gasteiger partial charge in [0.2, 0.25) is 0 Å². The SMILES string of the molecule is CC1(C)CC(=O)c2ccn(Cc3ccco3)c2C1. The summed E-state index contributed by atoms with van der Waals surface area (Å²) >= 11 is 0. The van der Waals surface area contributed by atoms with Crippen molar-refractivity contribution in [3.63, 3.8) is 0 Å². The van der Waals surface area contributed by atoms with Crippen LogP contribution in [0.3, 0.4) is 0 Å². The van der Waals surface area contributed by atoms with E-state index in [0.29, 0.717) is 13.0 Å². The number of furan rings is 1. The number of hydrogen-bond donors (Lipinski definition) is 0. The minimum absolute atomic E-state index is 0.0589. The first-order valence-electron chi connectivity index (χ1n) is 6.29. The molecule has 0 saturated carbocycles. The molecule has 2 heterocycles. The maximum Gasteiger partial charge on any atom is 0.165 e. The number of carbonyl (C=O) groups is 1. The normalized spacial score (nSPS) is 17.8. The van der Waals surface area contributed by atoms with E-state index in [1.165, 1.54) is 0 Å². The summed E-state index contributed by atoms with van der Waals surface area (Å²) in [6.07, 6.45) is 5.26. The summed E-state index contributed by atoms with van der Waals surface area (Å²) < 4.78 is 7.50. The molecule has 0 saturated heterocycles. The lowest BCUT2D eigenvalue weighted by atomic mass is 9.76. The Balaban J connectivity index is 1.97. The molecule has 18 heavy (non-hydrogen) atoms. The smallest absolute Gasteiger partial charge is 0.165 e. The van der Waals surface area contributed by atoms with Crippen molar-refractivity contribution in [3.05, 3.63) is 47.7 Å². The van der Waals surface area contributed by atoms with E-state index < -0.39 is 0 Å². The predicted octanol–water partition coefficient (Wildman–Crippen LogP) is 3.28. The molecule has 0 unspecified atom stereocenters. The lowest BCUT2D eigenvalue weighted by Gasteiger charge is -2.29. The van der Waals surface area contributed by atoms with Crippen LogP contribution in [0.4, 0.5) is 0 Å². The number of hydrogen-bond acceptors (Lipinski definition) is 2. The van der Waals surface area contributed by atoms with E-state index in [2.05, 4.69) is 18.4 Å². The van der Waals surface area contributed by atoms with Gasteiger partial charge in [-0.05, 0) is 30.0 Å². The molecule has 0 aromatic carbocycles. The predicted molar refractivity (Wildman–Crippen MR) is 68.7 cm³/mol. The van der Waals surface area contributed by atoms with Crippen LogP contribution < -0.4 is 0 Å². The van der Waals surface area contributed by atoms with Gasteiger partial charge in [-0.3, -0.25) is 4.79 Å². The Labute approximate surface area is 106 Å².